The van der Waals surface area contributed by atoms with Crippen molar-refractivity contribution in [1.29, 1.82) is 0 Å². The summed E-state index contributed by atoms with van der Waals surface area (Å²) in [7, 11) is 0. The van der Waals surface area contributed by atoms with Crippen LogP contribution in [0.5, 0.6) is 0 Å². The summed E-state index contributed by atoms with van der Waals surface area (Å²) >= 11 is 0. The fourth-order valence-corrected chi connectivity index (χ4v) is 3.04. The first-order valence-electron chi connectivity index (χ1n) is 7.09. The van der Waals surface area contributed by atoms with Gasteiger partial charge in [-0.1, -0.05) is 30.7 Å². The smallest absolute Gasteiger partial charge is 0.307 e. The predicted octanol–water partition coefficient (Wildman–Crippen LogP) is 2.67. The van der Waals surface area contributed by atoms with Crippen molar-refractivity contribution >= 4 is 11.9 Å². The van der Waals surface area contributed by atoms with Gasteiger partial charge in [0.05, 0.1) is 17.9 Å². The Labute approximate surface area is 119 Å². The SMILES string of the molecule is Cc1ccccc1[C@H](C)NC(=O)[C@@H]1CCC[C@@H]1C(=O)O. The lowest BCUT2D eigenvalue weighted by molar-refractivity contribution is -0.146. The summed E-state index contributed by atoms with van der Waals surface area (Å²) in [6, 6.07) is 7.81. The summed E-state index contributed by atoms with van der Waals surface area (Å²) in [5, 5.41) is 12.1. The van der Waals surface area contributed by atoms with Gasteiger partial charge in [0.1, 0.15) is 0 Å². The minimum atomic E-state index is -0.855. The van der Waals surface area contributed by atoms with E-state index in [1.54, 1.807) is 0 Å². The first-order valence-corrected chi connectivity index (χ1v) is 7.09. The van der Waals surface area contributed by atoms with Crippen LogP contribution in [0, 0.1) is 18.8 Å². The molecule has 1 aromatic rings. The monoisotopic (exact) mass is 275 g/mol. The first-order chi connectivity index (χ1) is 9.50. The molecular formula is C16H21NO3. The highest BCUT2D eigenvalue weighted by molar-refractivity contribution is 5.85. The van der Waals surface area contributed by atoms with Crippen LogP contribution in [0.3, 0.4) is 0 Å². The number of benzene rings is 1. The maximum Gasteiger partial charge on any atom is 0.307 e. The third-order valence-corrected chi connectivity index (χ3v) is 4.18. The fraction of sp³-hybridized carbons (Fsp3) is 0.500. The van der Waals surface area contributed by atoms with Crippen LogP contribution in [0.2, 0.25) is 0 Å². The van der Waals surface area contributed by atoms with Crippen LogP contribution < -0.4 is 5.32 Å². The molecule has 2 rings (SSSR count). The van der Waals surface area contributed by atoms with Crippen molar-refractivity contribution in [1.82, 2.24) is 5.32 Å². The minimum absolute atomic E-state index is 0.0984. The number of aliphatic carboxylic acids is 1. The molecule has 0 aromatic heterocycles. The lowest BCUT2D eigenvalue weighted by Crippen LogP contribution is -2.36. The molecule has 0 unspecified atom stereocenters. The zero-order valence-electron chi connectivity index (χ0n) is 11.9. The molecule has 3 atom stereocenters. The molecule has 0 radical (unpaired) electrons. The Morgan fingerprint density at radius 1 is 1.25 bits per heavy atom. The third kappa shape index (κ3) is 3.00. The number of amides is 1. The number of carbonyl (C=O) groups is 2. The molecule has 1 aliphatic carbocycles. The van der Waals surface area contributed by atoms with Crippen LogP contribution in [-0.4, -0.2) is 17.0 Å². The van der Waals surface area contributed by atoms with Crippen molar-refractivity contribution in [3.8, 4) is 0 Å². The highest BCUT2D eigenvalue weighted by atomic mass is 16.4. The largest absolute Gasteiger partial charge is 0.481 e. The van der Waals surface area contributed by atoms with E-state index < -0.39 is 11.9 Å². The molecule has 1 aliphatic rings. The van der Waals surface area contributed by atoms with Gasteiger partial charge in [0.2, 0.25) is 5.91 Å². The van der Waals surface area contributed by atoms with E-state index in [-0.39, 0.29) is 17.9 Å². The number of carboxylic acid groups (broad SMARTS) is 1. The highest BCUT2D eigenvalue weighted by Crippen LogP contribution is 2.32. The van der Waals surface area contributed by atoms with Crippen molar-refractivity contribution in [3.05, 3.63) is 35.4 Å². The minimum Gasteiger partial charge on any atom is -0.481 e. The average molecular weight is 275 g/mol. The number of hydrogen-bond donors (Lipinski definition) is 2. The lowest BCUT2D eigenvalue weighted by Gasteiger charge is -2.21. The number of hydrogen-bond acceptors (Lipinski definition) is 2. The number of nitrogens with one attached hydrogen (secondary N) is 1. The van der Waals surface area contributed by atoms with Gasteiger partial charge in [-0.15, -0.1) is 0 Å². The van der Waals surface area contributed by atoms with Gasteiger partial charge in [0, 0.05) is 0 Å². The van der Waals surface area contributed by atoms with E-state index in [1.807, 2.05) is 38.1 Å². The topological polar surface area (TPSA) is 66.4 Å². The van der Waals surface area contributed by atoms with Crippen LogP contribution in [0.15, 0.2) is 24.3 Å². The van der Waals surface area contributed by atoms with Crippen LogP contribution in [-0.2, 0) is 9.59 Å². The Balaban J connectivity index is 2.04. The van der Waals surface area contributed by atoms with Crippen LogP contribution >= 0.6 is 0 Å². The summed E-state index contributed by atoms with van der Waals surface area (Å²) in [4.78, 5) is 23.4. The lowest BCUT2D eigenvalue weighted by atomic mass is 9.94. The molecule has 20 heavy (non-hydrogen) atoms. The predicted molar refractivity (Wildman–Crippen MR) is 76.2 cm³/mol. The Morgan fingerprint density at radius 3 is 2.55 bits per heavy atom. The van der Waals surface area contributed by atoms with E-state index in [2.05, 4.69) is 5.32 Å². The third-order valence-electron chi connectivity index (χ3n) is 4.18. The standard InChI is InChI=1S/C16H21NO3/c1-10-6-3-4-7-12(10)11(2)17-15(18)13-8-5-9-14(13)16(19)20/h3-4,6-7,11,13-14H,5,8-9H2,1-2H3,(H,17,18)(H,19,20)/t11-,13+,14-/m0/s1. The molecule has 0 spiro atoms. The van der Waals surface area contributed by atoms with Crippen LogP contribution in [0.4, 0.5) is 0 Å². The Morgan fingerprint density at radius 2 is 1.90 bits per heavy atom. The Kier molecular flexibility index (Phi) is 4.42. The summed E-state index contributed by atoms with van der Waals surface area (Å²) in [5.74, 6) is -1.91. The second kappa shape index (κ2) is 6.07. The maximum atomic E-state index is 12.3. The number of rotatable bonds is 4. The Bertz CT molecular complexity index is 512. The summed E-state index contributed by atoms with van der Waals surface area (Å²) in [6.07, 6.45) is 2.09. The zero-order valence-corrected chi connectivity index (χ0v) is 11.9. The van der Waals surface area contributed by atoms with Crippen LogP contribution in [0.1, 0.15) is 43.4 Å². The molecule has 0 saturated heterocycles. The summed E-state index contributed by atoms with van der Waals surface area (Å²) < 4.78 is 0. The second-order valence-electron chi connectivity index (χ2n) is 5.57. The molecule has 4 heteroatoms. The molecule has 1 fully saturated rings. The van der Waals surface area contributed by atoms with Gasteiger partial charge in [0.15, 0.2) is 0 Å². The summed E-state index contributed by atoms with van der Waals surface area (Å²) in [6.45, 7) is 3.94. The molecule has 1 saturated carbocycles. The second-order valence-corrected chi connectivity index (χ2v) is 5.57. The van der Waals surface area contributed by atoms with E-state index in [4.69, 9.17) is 5.11 Å². The summed E-state index contributed by atoms with van der Waals surface area (Å²) in [5.41, 5.74) is 2.20. The molecule has 0 heterocycles. The van der Waals surface area contributed by atoms with Crippen molar-refractivity contribution in [2.45, 2.75) is 39.2 Å². The number of carbonyl (C=O) groups excluding carboxylic acids is 1. The van der Waals surface area contributed by atoms with E-state index in [0.29, 0.717) is 12.8 Å². The number of aryl methyl sites for hydroxylation is 1. The Hall–Kier alpha value is -1.84. The highest BCUT2D eigenvalue weighted by Gasteiger charge is 2.38. The van der Waals surface area contributed by atoms with Crippen molar-refractivity contribution in [3.63, 3.8) is 0 Å². The van der Waals surface area contributed by atoms with Gasteiger partial charge < -0.3 is 10.4 Å². The maximum absolute atomic E-state index is 12.3. The first kappa shape index (κ1) is 14.6. The van der Waals surface area contributed by atoms with Gasteiger partial charge in [-0.3, -0.25) is 9.59 Å². The van der Waals surface area contributed by atoms with E-state index in [0.717, 1.165) is 17.5 Å². The van der Waals surface area contributed by atoms with Crippen LogP contribution in [0.25, 0.3) is 0 Å². The molecule has 4 nitrogen and oxygen atoms in total. The molecular weight excluding hydrogens is 254 g/mol. The molecule has 2 N–H and O–H groups in total. The normalized spacial score (nSPS) is 23.3. The molecule has 1 amide bonds. The van der Waals surface area contributed by atoms with Crippen molar-refractivity contribution in [2.24, 2.45) is 11.8 Å². The van der Waals surface area contributed by atoms with Gasteiger partial charge in [-0.05, 0) is 37.8 Å². The molecule has 108 valence electrons. The van der Waals surface area contributed by atoms with Gasteiger partial charge in [-0.2, -0.15) is 0 Å². The van der Waals surface area contributed by atoms with Gasteiger partial charge >= 0.3 is 5.97 Å². The van der Waals surface area contributed by atoms with Crippen molar-refractivity contribution < 1.29 is 14.7 Å². The molecule has 1 aromatic carbocycles. The van der Waals surface area contributed by atoms with E-state index in [9.17, 15) is 9.59 Å². The van der Waals surface area contributed by atoms with E-state index >= 15 is 0 Å². The van der Waals surface area contributed by atoms with Crippen molar-refractivity contribution in [2.75, 3.05) is 0 Å². The zero-order chi connectivity index (χ0) is 14.7. The quantitative estimate of drug-likeness (QED) is 0.887. The van der Waals surface area contributed by atoms with Gasteiger partial charge in [0.25, 0.3) is 0 Å². The fourth-order valence-electron chi connectivity index (χ4n) is 3.04. The average Bonchev–Trinajstić information content (AvgIpc) is 2.88. The number of carboxylic acids is 1. The van der Waals surface area contributed by atoms with E-state index in [1.165, 1.54) is 0 Å². The van der Waals surface area contributed by atoms with Gasteiger partial charge in [-0.25, -0.2) is 0 Å². The molecule has 0 aliphatic heterocycles. The molecule has 0 bridgehead atoms.